The molecule has 0 heterocycles. The van der Waals surface area contributed by atoms with Crippen LogP contribution in [0.3, 0.4) is 0 Å². The first kappa shape index (κ1) is 14.3. The van der Waals surface area contributed by atoms with Gasteiger partial charge in [0.2, 0.25) is 0 Å². The van der Waals surface area contributed by atoms with Gasteiger partial charge in [0.05, 0.1) is 5.56 Å². The summed E-state index contributed by atoms with van der Waals surface area (Å²) in [6.07, 6.45) is 2.14. The number of rotatable bonds is 7. The largest absolute Gasteiger partial charge is 0.435 e. The maximum absolute atomic E-state index is 12.4. The fourth-order valence-electron chi connectivity index (χ4n) is 1.22. The van der Waals surface area contributed by atoms with Crippen LogP contribution >= 0.6 is 18.0 Å². The van der Waals surface area contributed by atoms with Crippen LogP contribution in [0, 0.1) is 0 Å². The van der Waals surface area contributed by atoms with E-state index in [0.717, 1.165) is 18.5 Å². The Bertz CT molecular complexity index is 420. The Morgan fingerprint density at radius 2 is 2.06 bits per heavy atom. The second-order valence-corrected chi connectivity index (χ2v) is 8.65. The summed E-state index contributed by atoms with van der Waals surface area (Å²) in [6, 6.07) is 6.87. The standard InChI is InChI=1S/C12H17O3PS/c1-3-9-17-16(14,4-2)15-12-8-6-5-7-11(12)10-13/h5-8,10H,3-4,9H2,1-2H3. The minimum atomic E-state index is -2.72. The molecule has 0 fully saturated rings. The lowest BCUT2D eigenvalue weighted by Gasteiger charge is -2.17. The molecule has 0 saturated carbocycles. The van der Waals surface area contributed by atoms with Gasteiger partial charge in [0, 0.05) is 11.9 Å². The van der Waals surface area contributed by atoms with Crippen molar-refractivity contribution >= 4 is 24.2 Å². The Kier molecular flexibility index (Phi) is 5.79. The van der Waals surface area contributed by atoms with Crippen molar-refractivity contribution in [2.45, 2.75) is 20.3 Å². The summed E-state index contributed by atoms with van der Waals surface area (Å²) in [5, 5.41) is 0. The van der Waals surface area contributed by atoms with Gasteiger partial charge in [-0.2, -0.15) is 0 Å². The topological polar surface area (TPSA) is 43.4 Å². The quantitative estimate of drug-likeness (QED) is 0.550. The van der Waals surface area contributed by atoms with Gasteiger partial charge in [-0.05, 0) is 18.6 Å². The van der Waals surface area contributed by atoms with E-state index in [1.54, 1.807) is 24.3 Å². The van der Waals surface area contributed by atoms with E-state index < -0.39 is 6.57 Å². The van der Waals surface area contributed by atoms with Crippen molar-refractivity contribution < 1.29 is 13.9 Å². The Labute approximate surface area is 106 Å². The molecular weight excluding hydrogens is 255 g/mol. The lowest BCUT2D eigenvalue weighted by Crippen LogP contribution is -1.96. The van der Waals surface area contributed by atoms with E-state index in [2.05, 4.69) is 0 Å². The molecule has 1 aromatic rings. The number of para-hydroxylation sites is 1. The summed E-state index contributed by atoms with van der Waals surface area (Å²) >= 11 is 1.36. The third kappa shape index (κ3) is 4.21. The van der Waals surface area contributed by atoms with Gasteiger partial charge in [0.25, 0.3) is 0 Å². The van der Waals surface area contributed by atoms with Crippen LogP contribution in [0.1, 0.15) is 30.6 Å². The molecule has 0 aliphatic heterocycles. The average molecular weight is 272 g/mol. The molecule has 17 heavy (non-hydrogen) atoms. The van der Waals surface area contributed by atoms with Crippen LogP contribution in [-0.4, -0.2) is 18.2 Å². The van der Waals surface area contributed by atoms with Crippen molar-refractivity contribution in [3.05, 3.63) is 29.8 Å². The fourth-order valence-corrected chi connectivity index (χ4v) is 4.84. The predicted octanol–water partition coefficient (Wildman–Crippen LogP) is 4.23. The average Bonchev–Trinajstić information content (AvgIpc) is 2.37. The van der Waals surface area contributed by atoms with E-state index in [-0.39, 0.29) is 0 Å². The zero-order chi connectivity index (χ0) is 12.7. The van der Waals surface area contributed by atoms with E-state index in [4.69, 9.17) is 4.52 Å². The maximum Gasteiger partial charge on any atom is 0.303 e. The summed E-state index contributed by atoms with van der Waals surface area (Å²) in [7, 11) is 0. The summed E-state index contributed by atoms with van der Waals surface area (Å²) < 4.78 is 18.0. The Hall–Kier alpha value is -0.730. The molecule has 0 aromatic heterocycles. The van der Waals surface area contributed by atoms with E-state index in [0.29, 0.717) is 17.5 Å². The smallest absolute Gasteiger partial charge is 0.303 e. The highest BCUT2D eigenvalue weighted by Gasteiger charge is 2.23. The highest BCUT2D eigenvalue weighted by atomic mass is 32.7. The zero-order valence-electron chi connectivity index (χ0n) is 10.1. The van der Waals surface area contributed by atoms with Crippen molar-refractivity contribution in [3.8, 4) is 5.75 Å². The van der Waals surface area contributed by atoms with E-state index in [1.165, 1.54) is 11.4 Å². The molecular formula is C12H17O3PS. The van der Waals surface area contributed by atoms with Gasteiger partial charge in [-0.15, -0.1) is 0 Å². The molecule has 0 saturated heterocycles. The van der Waals surface area contributed by atoms with Gasteiger partial charge in [0.1, 0.15) is 5.75 Å². The molecule has 0 bridgehead atoms. The number of carbonyl (C=O) groups excluding carboxylic acids is 1. The first-order valence-corrected chi connectivity index (χ1v) is 9.02. The normalized spacial score (nSPS) is 14.0. The number of hydrogen-bond donors (Lipinski definition) is 0. The summed E-state index contributed by atoms with van der Waals surface area (Å²) in [5.74, 6) is 1.21. The van der Waals surface area contributed by atoms with Crippen LogP contribution in [0.2, 0.25) is 0 Å². The van der Waals surface area contributed by atoms with Gasteiger partial charge < -0.3 is 4.52 Å². The van der Waals surface area contributed by atoms with E-state index in [1.807, 2.05) is 13.8 Å². The van der Waals surface area contributed by atoms with Crippen LogP contribution in [0.5, 0.6) is 5.75 Å². The van der Waals surface area contributed by atoms with Crippen molar-refractivity contribution in [3.63, 3.8) is 0 Å². The van der Waals surface area contributed by atoms with Crippen molar-refractivity contribution in [2.24, 2.45) is 0 Å². The monoisotopic (exact) mass is 272 g/mol. The van der Waals surface area contributed by atoms with Gasteiger partial charge in [-0.1, -0.05) is 37.4 Å². The minimum Gasteiger partial charge on any atom is -0.435 e. The molecule has 1 aromatic carbocycles. The van der Waals surface area contributed by atoms with Crippen LogP contribution in [0.4, 0.5) is 0 Å². The summed E-state index contributed by atoms with van der Waals surface area (Å²) in [4.78, 5) is 10.8. The Balaban J connectivity index is 2.86. The molecule has 1 unspecified atom stereocenters. The molecule has 0 N–H and O–H groups in total. The first-order valence-electron chi connectivity index (χ1n) is 5.62. The molecule has 0 radical (unpaired) electrons. The predicted molar refractivity (Wildman–Crippen MR) is 73.4 cm³/mol. The molecule has 1 atom stereocenters. The lowest BCUT2D eigenvalue weighted by atomic mass is 10.2. The number of carbonyl (C=O) groups is 1. The Morgan fingerprint density at radius 3 is 2.65 bits per heavy atom. The van der Waals surface area contributed by atoms with E-state index in [9.17, 15) is 9.36 Å². The molecule has 94 valence electrons. The number of aldehydes is 1. The minimum absolute atomic E-state index is 0.413. The summed E-state index contributed by atoms with van der Waals surface area (Å²) in [6.45, 7) is 1.15. The number of benzene rings is 1. The second kappa shape index (κ2) is 6.87. The van der Waals surface area contributed by atoms with Gasteiger partial charge in [-0.25, -0.2) is 0 Å². The lowest BCUT2D eigenvalue weighted by molar-refractivity contribution is 0.112. The third-order valence-electron chi connectivity index (χ3n) is 2.16. The van der Waals surface area contributed by atoms with Crippen LogP contribution in [0.25, 0.3) is 0 Å². The molecule has 0 aliphatic rings. The maximum atomic E-state index is 12.4. The fraction of sp³-hybridized carbons (Fsp3) is 0.417. The zero-order valence-corrected chi connectivity index (χ0v) is 11.8. The molecule has 5 heteroatoms. The van der Waals surface area contributed by atoms with Crippen molar-refractivity contribution in [1.29, 1.82) is 0 Å². The summed E-state index contributed by atoms with van der Waals surface area (Å²) in [5.41, 5.74) is 0.443. The van der Waals surface area contributed by atoms with Crippen LogP contribution in [-0.2, 0) is 4.57 Å². The molecule has 1 rings (SSSR count). The van der Waals surface area contributed by atoms with Crippen LogP contribution < -0.4 is 4.52 Å². The first-order chi connectivity index (χ1) is 8.15. The molecule has 0 spiro atoms. The Morgan fingerprint density at radius 1 is 1.35 bits per heavy atom. The van der Waals surface area contributed by atoms with Crippen molar-refractivity contribution in [2.75, 3.05) is 11.9 Å². The SMILES string of the molecule is CCCSP(=O)(CC)Oc1ccccc1C=O. The highest BCUT2D eigenvalue weighted by molar-refractivity contribution is 8.56. The molecule has 0 amide bonds. The van der Waals surface area contributed by atoms with Gasteiger partial charge in [-0.3, -0.25) is 9.36 Å². The number of hydrogen-bond acceptors (Lipinski definition) is 4. The highest BCUT2D eigenvalue weighted by Crippen LogP contribution is 2.59. The third-order valence-corrected chi connectivity index (χ3v) is 7.12. The molecule has 0 aliphatic carbocycles. The second-order valence-electron chi connectivity index (χ2n) is 3.51. The van der Waals surface area contributed by atoms with E-state index >= 15 is 0 Å². The van der Waals surface area contributed by atoms with Gasteiger partial charge >= 0.3 is 6.57 Å². The van der Waals surface area contributed by atoms with Crippen LogP contribution in [0.15, 0.2) is 24.3 Å². The van der Waals surface area contributed by atoms with Crippen molar-refractivity contribution in [1.82, 2.24) is 0 Å². The van der Waals surface area contributed by atoms with Gasteiger partial charge in [0.15, 0.2) is 6.29 Å². The molecule has 3 nitrogen and oxygen atoms in total.